The van der Waals surface area contributed by atoms with E-state index in [2.05, 4.69) is 37.5 Å². The largest absolute Gasteiger partial charge is 0.351 e. The van der Waals surface area contributed by atoms with E-state index in [9.17, 15) is 4.79 Å². The Kier molecular flexibility index (Phi) is 18.3. The van der Waals surface area contributed by atoms with Gasteiger partial charge in [-0.2, -0.15) is 0 Å². The van der Waals surface area contributed by atoms with Gasteiger partial charge in [0.05, 0.1) is 25.8 Å². The van der Waals surface area contributed by atoms with Gasteiger partial charge in [-0.05, 0) is 32.6 Å². The van der Waals surface area contributed by atoms with Crippen molar-refractivity contribution in [3.05, 3.63) is 12.2 Å². The van der Waals surface area contributed by atoms with Gasteiger partial charge >= 0.3 is 0 Å². The Balaban J connectivity index is 1.91. The van der Waals surface area contributed by atoms with Crippen molar-refractivity contribution in [2.24, 2.45) is 4.99 Å². The molecule has 0 aromatic rings. The summed E-state index contributed by atoms with van der Waals surface area (Å²) in [5, 5.41) is 2.97. The van der Waals surface area contributed by atoms with E-state index >= 15 is 0 Å². The molecule has 1 rings (SSSR count). The summed E-state index contributed by atoms with van der Waals surface area (Å²) in [6, 6.07) is 0. The fourth-order valence-electron chi connectivity index (χ4n) is 5.07. The Labute approximate surface area is 206 Å². The van der Waals surface area contributed by atoms with E-state index in [1.807, 2.05) is 0 Å². The number of nitrogens with one attached hydrogen (secondary N) is 1. The van der Waals surface area contributed by atoms with Gasteiger partial charge in [0.15, 0.2) is 6.17 Å². The number of quaternary nitrogens is 1. The number of likely N-dealkylation sites (N-methyl/N-ethyl adjacent to an activating group) is 1. The lowest BCUT2D eigenvalue weighted by atomic mass is 10.0. The number of unbranched alkanes of at least 4 members (excludes halogenated alkanes) is 14. The van der Waals surface area contributed by atoms with Crippen molar-refractivity contribution in [1.82, 2.24) is 5.32 Å². The Morgan fingerprint density at radius 2 is 1.42 bits per heavy atom. The third kappa shape index (κ3) is 14.7. The molecular weight excluding hydrogens is 406 g/mol. The number of carbonyl (C=O) groups excluding carboxylic acids is 1. The molecule has 0 aromatic heterocycles. The number of aliphatic imine (C=N–C) groups is 1. The molecule has 1 heterocycles. The van der Waals surface area contributed by atoms with Crippen LogP contribution in [0.15, 0.2) is 17.1 Å². The summed E-state index contributed by atoms with van der Waals surface area (Å²) >= 11 is 0. The zero-order valence-electron chi connectivity index (χ0n) is 22.5. The zero-order chi connectivity index (χ0) is 24.0. The Morgan fingerprint density at radius 1 is 0.879 bits per heavy atom. The second-order valence-corrected chi connectivity index (χ2v) is 10.2. The van der Waals surface area contributed by atoms with Gasteiger partial charge in [0, 0.05) is 13.3 Å². The van der Waals surface area contributed by atoms with Crippen LogP contribution < -0.4 is 5.32 Å². The molecule has 1 aliphatic heterocycles. The van der Waals surface area contributed by atoms with Crippen LogP contribution in [0.4, 0.5) is 0 Å². The molecule has 0 aliphatic carbocycles. The maximum absolute atomic E-state index is 11.2. The molecular formula is C29H56N3O+. The highest BCUT2D eigenvalue weighted by Crippen LogP contribution is 2.24. The highest BCUT2D eigenvalue weighted by atomic mass is 16.1. The summed E-state index contributed by atoms with van der Waals surface area (Å²) in [7, 11) is 0. The Bertz CT molecular complexity index is 531. The molecule has 1 amide bonds. The summed E-state index contributed by atoms with van der Waals surface area (Å²) < 4.78 is 1.02. The molecule has 4 nitrogen and oxygen atoms in total. The maximum Gasteiger partial charge on any atom is 0.217 e. The van der Waals surface area contributed by atoms with Gasteiger partial charge in [0.2, 0.25) is 5.91 Å². The number of amides is 1. The number of carbonyl (C=O) groups is 1. The van der Waals surface area contributed by atoms with Crippen molar-refractivity contribution in [2.75, 3.05) is 26.2 Å². The smallest absolute Gasteiger partial charge is 0.217 e. The molecule has 0 bridgehead atoms. The first-order chi connectivity index (χ1) is 16.1. The van der Waals surface area contributed by atoms with Crippen LogP contribution in [-0.4, -0.2) is 48.9 Å². The van der Waals surface area contributed by atoms with Gasteiger partial charge < -0.3 is 5.32 Å². The molecule has 0 saturated carbocycles. The quantitative estimate of drug-likeness (QED) is 0.101. The number of hydrogen-bond donors (Lipinski definition) is 1. The van der Waals surface area contributed by atoms with Crippen molar-refractivity contribution >= 4 is 12.1 Å². The third-order valence-electron chi connectivity index (χ3n) is 7.37. The van der Waals surface area contributed by atoms with Gasteiger partial charge in [0.1, 0.15) is 6.54 Å². The highest BCUT2D eigenvalue weighted by Gasteiger charge is 2.37. The van der Waals surface area contributed by atoms with E-state index in [0.717, 1.165) is 30.7 Å². The lowest BCUT2D eigenvalue weighted by Crippen LogP contribution is -2.55. The minimum absolute atomic E-state index is 0.0716. The number of allylic oxidation sites excluding steroid dienone is 2. The van der Waals surface area contributed by atoms with Gasteiger partial charge in [-0.3, -0.25) is 9.28 Å². The minimum atomic E-state index is 0.0716. The number of rotatable bonds is 22. The SMILES string of the molecule is CCC/C=C/CCCCCCCCCCCCCCCC1N=CC[N+]1(CC)CCNC(C)=O. The average molecular weight is 463 g/mol. The predicted octanol–water partition coefficient (Wildman–Crippen LogP) is 7.58. The van der Waals surface area contributed by atoms with Crippen LogP contribution in [-0.2, 0) is 4.79 Å². The molecule has 0 spiro atoms. The number of hydrogen-bond acceptors (Lipinski definition) is 2. The normalized spacial score (nSPS) is 20.2. The van der Waals surface area contributed by atoms with E-state index < -0.39 is 0 Å². The summed E-state index contributed by atoms with van der Waals surface area (Å²) in [5.74, 6) is 0.0716. The molecule has 0 fully saturated rings. The predicted molar refractivity (Wildman–Crippen MR) is 145 cm³/mol. The van der Waals surface area contributed by atoms with Gasteiger partial charge in [0.25, 0.3) is 0 Å². The van der Waals surface area contributed by atoms with E-state index in [0.29, 0.717) is 6.17 Å². The second-order valence-electron chi connectivity index (χ2n) is 10.2. The van der Waals surface area contributed by atoms with Crippen molar-refractivity contribution in [2.45, 2.75) is 136 Å². The van der Waals surface area contributed by atoms with Gasteiger partial charge in [-0.25, -0.2) is 4.99 Å². The monoisotopic (exact) mass is 462 g/mol. The molecule has 2 unspecified atom stereocenters. The lowest BCUT2D eigenvalue weighted by molar-refractivity contribution is -0.935. The number of nitrogens with zero attached hydrogens (tertiary/aromatic N) is 2. The Morgan fingerprint density at radius 3 is 1.97 bits per heavy atom. The van der Waals surface area contributed by atoms with Gasteiger partial charge in [-0.15, -0.1) is 0 Å². The van der Waals surface area contributed by atoms with Crippen LogP contribution >= 0.6 is 0 Å². The van der Waals surface area contributed by atoms with Crippen LogP contribution in [0.25, 0.3) is 0 Å². The van der Waals surface area contributed by atoms with E-state index in [1.165, 1.54) is 109 Å². The van der Waals surface area contributed by atoms with Crippen molar-refractivity contribution in [1.29, 1.82) is 0 Å². The second kappa shape index (κ2) is 20.2. The molecule has 0 aromatic carbocycles. The fourth-order valence-corrected chi connectivity index (χ4v) is 5.07. The lowest BCUT2D eigenvalue weighted by Gasteiger charge is -2.38. The van der Waals surface area contributed by atoms with Crippen LogP contribution in [0.1, 0.15) is 130 Å². The van der Waals surface area contributed by atoms with E-state index in [1.54, 1.807) is 6.92 Å². The molecule has 4 heteroatoms. The summed E-state index contributed by atoms with van der Waals surface area (Å²) in [6.45, 7) is 10.00. The highest BCUT2D eigenvalue weighted by molar-refractivity contribution is 5.72. The summed E-state index contributed by atoms with van der Waals surface area (Å²) in [4.78, 5) is 16.0. The topological polar surface area (TPSA) is 41.5 Å². The molecule has 1 aliphatic rings. The van der Waals surface area contributed by atoms with E-state index in [4.69, 9.17) is 4.99 Å². The third-order valence-corrected chi connectivity index (χ3v) is 7.37. The Hall–Kier alpha value is -1.16. The first-order valence-electron chi connectivity index (χ1n) is 14.4. The summed E-state index contributed by atoms with van der Waals surface area (Å²) in [5.41, 5.74) is 0. The molecule has 2 atom stereocenters. The molecule has 1 N–H and O–H groups in total. The zero-order valence-corrected chi connectivity index (χ0v) is 22.5. The van der Waals surface area contributed by atoms with Crippen LogP contribution in [0, 0.1) is 0 Å². The van der Waals surface area contributed by atoms with Crippen molar-refractivity contribution < 1.29 is 9.28 Å². The van der Waals surface area contributed by atoms with Crippen molar-refractivity contribution in [3.63, 3.8) is 0 Å². The van der Waals surface area contributed by atoms with Crippen LogP contribution in [0.2, 0.25) is 0 Å². The molecule has 192 valence electrons. The molecule has 0 saturated heterocycles. The summed E-state index contributed by atoms with van der Waals surface area (Å²) in [6.07, 6.45) is 30.4. The van der Waals surface area contributed by atoms with Crippen LogP contribution in [0.3, 0.4) is 0 Å². The fraction of sp³-hybridized carbons (Fsp3) is 0.862. The minimum Gasteiger partial charge on any atom is -0.351 e. The molecule has 33 heavy (non-hydrogen) atoms. The van der Waals surface area contributed by atoms with Crippen LogP contribution in [0.5, 0.6) is 0 Å². The molecule has 0 radical (unpaired) electrons. The van der Waals surface area contributed by atoms with E-state index in [-0.39, 0.29) is 5.91 Å². The van der Waals surface area contributed by atoms with Gasteiger partial charge in [-0.1, -0.05) is 96.1 Å². The average Bonchev–Trinajstić information content (AvgIpc) is 3.21. The van der Waals surface area contributed by atoms with Crippen molar-refractivity contribution in [3.8, 4) is 0 Å². The standard InChI is InChI=1S/C29H55N3O/c1-4-6-7-8-9-10-11-12-13-14-15-16-17-18-19-20-21-22-23-29-31-25-27-32(29,5-2)26-24-30-28(3)33/h7-8,25,29H,4-6,9-24,26-27H2,1-3H3/p+1/b8-7+. The maximum atomic E-state index is 11.2. The first-order valence-corrected chi connectivity index (χ1v) is 14.4. The first kappa shape index (κ1) is 29.9.